The van der Waals surface area contributed by atoms with E-state index in [1.54, 1.807) is 6.20 Å². The van der Waals surface area contributed by atoms with E-state index in [4.69, 9.17) is 4.74 Å². The zero-order valence-corrected chi connectivity index (χ0v) is 23.8. The number of amides is 2. The van der Waals surface area contributed by atoms with Crippen LogP contribution in [0.4, 0.5) is 0 Å². The second kappa shape index (κ2) is 13.1. The highest BCUT2D eigenvalue weighted by Crippen LogP contribution is 2.34. The van der Waals surface area contributed by atoms with Gasteiger partial charge < -0.3 is 19.6 Å². The Hall–Kier alpha value is -2.68. The number of hydrogen-bond acceptors (Lipinski definition) is 5. The van der Waals surface area contributed by atoms with Gasteiger partial charge in [0.25, 0.3) is 5.91 Å². The fraction of sp³-hybridized carbons (Fsp3) is 0.733. The minimum Gasteiger partial charge on any atom is -0.476 e. The quantitative estimate of drug-likeness (QED) is 0.515. The van der Waals surface area contributed by atoms with Crippen molar-refractivity contribution in [3.8, 4) is 5.88 Å². The van der Waals surface area contributed by atoms with Crippen LogP contribution in [0.15, 0.2) is 17.3 Å². The Bertz CT molecular complexity index is 1180. The summed E-state index contributed by atoms with van der Waals surface area (Å²) in [5, 5.41) is 3.07. The third kappa shape index (κ3) is 7.10. The highest BCUT2D eigenvalue weighted by molar-refractivity contribution is 5.81. The topological polar surface area (TPSA) is 105 Å². The highest BCUT2D eigenvalue weighted by atomic mass is 16.5. The molecule has 0 aromatic carbocycles. The zero-order valence-electron chi connectivity index (χ0n) is 23.8. The number of nitrogens with zero attached hydrogens (tertiary/aromatic N) is 4. The number of H-pyrrole nitrogens is 1. The summed E-state index contributed by atoms with van der Waals surface area (Å²) in [5.74, 6) is 0.779. The summed E-state index contributed by atoms with van der Waals surface area (Å²) >= 11 is 0. The van der Waals surface area contributed by atoms with Crippen molar-refractivity contribution in [3.05, 3.63) is 17.9 Å². The molecule has 2 aliphatic carbocycles. The van der Waals surface area contributed by atoms with E-state index in [2.05, 4.69) is 29.7 Å². The van der Waals surface area contributed by atoms with Gasteiger partial charge in [0.1, 0.15) is 6.61 Å². The average molecular weight is 539 g/mol. The van der Waals surface area contributed by atoms with E-state index in [1.165, 1.54) is 25.7 Å². The lowest BCUT2D eigenvalue weighted by Gasteiger charge is -2.29. The van der Waals surface area contributed by atoms with Crippen molar-refractivity contribution in [1.29, 1.82) is 0 Å². The maximum absolute atomic E-state index is 13.2. The largest absolute Gasteiger partial charge is 0.476 e. The first-order chi connectivity index (χ1) is 19.0. The van der Waals surface area contributed by atoms with Crippen LogP contribution in [-0.4, -0.2) is 63.5 Å². The van der Waals surface area contributed by atoms with Crippen LogP contribution in [0.25, 0.3) is 11.0 Å². The van der Waals surface area contributed by atoms with Gasteiger partial charge in [-0.2, -0.15) is 4.99 Å². The van der Waals surface area contributed by atoms with Crippen LogP contribution in [0.5, 0.6) is 5.88 Å². The number of carbonyl (C=O) groups excluding carboxylic acids is 2. The summed E-state index contributed by atoms with van der Waals surface area (Å²) < 4.78 is 8.29. The minimum absolute atomic E-state index is 0.0147. The fourth-order valence-corrected chi connectivity index (χ4v) is 6.55. The molecule has 39 heavy (non-hydrogen) atoms. The van der Waals surface area contributed by atoms with Gasteiger partial charge in [0, 0.05) is 36.5 Å². The third-order valence-electron chi connectivity index (χ3n) is 8.73. The summed E-state index contributed by atoms with van der Waals surface area (Å²) in [4.78, 5) is 40.9. The van der Waals surface area contributed by atoms with Gasteiger partial charge in [0.2, 0.25) is 17.4 Å². The normalized spacial score (nSPS) is 23.8. The molecule has 2 saturated carbocycles. The van der Waals surface area contributed by atoms with E-state index in [9.17, 15) is 9.59 Å². The molecule has 1 saturated heterocycles. The number of ether oxygens (including phenoxy) is 1. The number of pyridine rings is 1. The van der Waals surface area contributed by atoms with E-state index >= 15 is 0 Å². The monoisotopic (exact) mass is 538 g/mol. The molecule has 1 aliphatic heterocycles. The second-order valence-electron chi connectivity index (χ2n) is 12.1. The molecular weight excluding hydrogens is 492 g/mol. The molecule has 2 aromatic rings. The van der Waals surface area contributed by atoms with Crippen molar-refractivity contribution in [2.24, 2.45) is 16.8 Å². The number of imidazole rings is 1. The zero-order chi connectivity index (χ0) is 27.2. The summed E-state index contributed by atoms with van der Waals surface area (Å²) in [6, 6.07) is 2.29. The molecule has 0 radical (unpaired) electrons. The van der Waals surface area contributed by atoms with Crippen molar-refractivity contribution in [2.45, 2.75) is 103 Å². The van der Waals surface area contributed by atoms with Gasteiger partial charge in [-0.15, -0.1) is 0 Å². The summed E-state index contributed by atoms with van der Waals surface area (Å²) in [6.45, 7) is 7.81. The van der Waals surface area contributed by atoms with E-state index in [-0.39, 0.29) is 35.7 Å². The summed E-state index contributed by atoms with van der Waals surface area (Å²) in [5.41, 5.74) is 2.42. The van der Waals surface area contributed by atoms with Crippen LogP contribution >= 0.6 is 0 Å². The molecule has 3 aliphatic rings. The maximum atomic E-state index is 13.2. The fourth-order valence-electron chi connectivity index (χ4n) is 6.55. The van der Waals surface area contributed by atoms with Crippen molar-refractivity contribution >= 4 is 22.8 Å². The second-order valence-corrected chi connectivity index (χ2v) is 12.1. The molecule has 0 spiro atoms. The Kier molecular flexibility index (Phi) is 9.37. The first-order valence-electron chi connectivity index (χ1n) is 15.3. The Morgan fingerprint density at radius 1 is 1.03 bits per heavy atom. The van der Waals surface area contributed by atoms with E-state index in [1.807, 2.05) is 19.9 Å². The molecule has 0 bridgehead atoms. The van der Waals surface area contributed by atoms with E-state index in [0.29, 0.717) is 18.1 Å². The van der Waals surface area contributed by atoms with Gasteiger partial charge in [0.15, 0.2) is 0 Å². The van der Waals surface area contributed by atoms with Crippen molar-refractivity contribution < 1.29 is 14.3 Å². The van der Waals surface area contributed by atoms with Crippen LogP contribution < -0.4 is 15.7 Å². The van der Waals surface area contributed by atoms with Crippen molar-refractivity contribution in [2.75, 3.05) is 26.2 Å². The lowest BCUT2D eigenvalue weighted by Crippen LogP contribution is -2.38. The molecule has 2 aromatic heterocycles. The number of fused-ring (bicyclic) bond motifs is 1. The van der Waals surface area contributed by atoms with Crippen LogP contribution in [-0.2, 0) is 9.59 Å². The molecule has 3 heterocycles. The van der Waals surface area contributed by atoms with Crippen molar-refractivity contribution in [3.63, 3.8) is 0 Å². The molecule has 2 N–H and O–H groups in total. The average Bonchev–Trinajstić information content (AvgIpc) is 3.30. The summed E-state index contributed by atoms with van der Waals surface area (Å²) in [6.07, 6.45) is 14.3. The van der Waals surface area contributed by atoms with Gasteiger partial charge in [-0.25, -0.2) is 4.98 Å². The number of aromatic amines is 1. The standard InChI is InChI=1S/C30H46N6O3/c1-21(2)32-28(37)23-11-13-24(14-12-23)36-26-19-27(39-18-17-35-15-7-4-8-16-35)31-20-25(26)33-30(36)34-29(38)22-9-5-3-6-10-22/h19-24H,3-18H2,1-2H3,(H,32,37)(H,33,34,38)/t23-,24+. The molecule has 0 atom stereocenters. The molecule has 3 fully saturated rings. The SMILES string of the molecule is CC(C)NC(=O)[C@H]1CC[C@@H](n2/c(=N/C(=O)C3CCCCC3)[nH]c3cnc(OCCN4CCCCC4)cc32)CC1. The van der Waals surface area contributed by atoms with Crippen LogP contribution in [0.1, 0.15) is 96.9 Å². The maximum Gasteiger partial charge on any atom is 0.252 e. The van der Waals surface area contributed by atoms with Crippen LogP contribution in [0.2, 0.25) is 0 Å². The van der Waals surface area contributed by atoms with Gasteiger partial charge in [-0.3, -0.25) is 14.5 Å². The molecule has 9 nitrogen and oxygen atoms in total. The molecule has 9 heteroatoms. The number of nitrogens with one attached hydrogen (secondary N) is 2. The number of likely N-dealkylation sites (tertiary alicyclic amines) is 1. The molecule has 5 rings (SSSR count). The highest BCUT2D eigenvalue weighted by Gasteiger charge is 2.29. The van der Waals surface area contributed by atoms with Gasteiger partial charge in [-0.05, 0) is 78.3 Å². The molecule has 214 valence electrons. The van der Waals surface area contributed by atoms with Crippen LogP contribution in [0, 0.1) is 11.8 Å². The van der Waals surface area contributed by atoms with E-state index < -0.39 is 0 Å². The number of aromatic nitrogens is 3. The van der Waals surface area contributed by atoms with Gasteiger partial charge in [0.05, 0.1) is 17.2 Å². The molecule has 0 unspecified atom stereocenters. The summed E-state index contributed by atoms with van der Waals surface area (Å²) in [7, 11) is 0. The first kappa shape index (κ1) is 27.9. The van der Waals surface area contributed by atoms with Crippen LogP contribution in [0.3, 0.4) is 0 Å². The molecule has 2 amide bonds. The predicted molar refractivity (Wildman–Crippen MR) is 151 cm³/mol. The Labute approximate surface area is 231 Å². The number of piperidine rings is 1. The van der Waals surface area contributed by atoms with E-state index in [0.717, 1.165) is 82.0 Å². The predicted octanol–water partition coefficient (Wildman–Crippen LogP) is 4.49. The number of hydrogen-bond donors (Lipinski definition) is 2. The number of carbonyl (C=O) groups is 2. The smallest absolute Gasteiger partial charge is 0.252 e. The Morgan fingerprint density at radius 3 is 2.46 bits per heavy atom. The number of rotatable bonds is 8. The lowest BCUT2D eigenvalue weighted by molar-refractivity contribution is -0.126. The van der Waals surface area contributed by atoms with Gasteiger partial charge >= 0.3 is 0 Å². The minimum atomic E-state index is -0.0223. The Morgan fingerprint density at radius 2 is 1.74 bits per heavy atom. The molecular formula is C30H46N6O3. The third-order valence-corrected chi connectivity index (χ3v) is 8.73. The first-order valence-corrected chi connectivity index (χ1v) is 15.3. The van der Waals surface area contributed by atoms with Gasteiger partial charge in [-0.1, -0.05) is 25.7 Å². The Balaban J connectivity index is 1.38. The lowest BCUT2D eigenvalue weighted by atomic mass is 9.85. The van der Waals surface area contributed by atoms with Crippen molar-refractivity contribution in [1.82, 2.24) is 24.8 Å².